The Balaban J connectivity index is 1.59. The van der Waals surface area contributed by atoms with E-state index in [1.54, 1.807) is 0 Å². The van der Waals surface area contributed by atoms with Crippen molar-refractivity contribution in [2.75, 3.05) is 37.7 Å². The van der Waals surface area contributed by atoms with Crippen molar-refractivity contribution in [1.29, 1.82) is 0 Å². The van der Waals surface area contributed by atoms with Crippen LogP contribution in [0.25, 0.3) is 0 Å². The molecule has 0 aromatic heterocycles. The van der Waals surface area contributed by atoms with Gasteiger partial charge in [-0.15, -0.1) is 6.58 Å². The molecule has 0 bridgehead atoms. The SMILES string of the molecule is C=CCNC(=NCC1CCS(=O)(=O)C1)N1CCC(C2CC2)C1. The Labute approximate surface area is 133 Å². The molecule has 0 radical (unpaired) electrons. The van der Waals surface area contributed by atoms with E-state index in [4.69, 9.17) is 4.99 Å². The van der Waals surface area contributed by atoms with Crippen LogP contribution in [-0.4, -0.2) is 57.0 Å². The molecule has 3 aliphatic rings. The van der Waals surface area contributed by atoms with Gasteiger partial charge in [0.2, 0.25) is 0 Å². The minimum absolute atomic E-state index is 0.187. The Morgan fingerprint density at radius 1 is 1.27 bits per heavy atom. The van der Waals surface area contributed by atoms with Crippen molar-refractivity contribution in [2.24, 2.45) is 22.7 Å². The van der Waals surface area contributed by atoms with Gasteiger partial charge in [-0.25, -0.2) is 8.42 Å². The van der Waals surface area contributed by atoms with Gasteiger partial charge in [-0.1, -0.05) is 6.08 Å². The van der Waals surface area contributed by atoms with Crippen LogP contribution in [0.5, 0.6) is 0 Å². The molecule has 0 aromatic carbocycles. The summed E-state index contributed by atoms with van der Waals surface area (Å²) in [5.74, 6) is 3.51. The summed E-state index contributed by atoms with van der Waals surface area (Å²) >= 11 is 0. The molecule has 6 heteroatoms. The van der Waals surface area contributed by atoms with Gasteiger partial charge in [0, 0.05) is 26.2 Å². The molecule has 1 saturated carbocycles. The van der Waals surface area contributed by atoms with Gasteiger partial charge in [0.15, 0.2) is 15.8 Å². The fourth-order valence-electron chi connectivity index (χ4n) is 3.59. The standard InChI is InChI=1S/C16H27N3O2S/c1-2-7-17-16(18-10-13-6-9-22(20,21)12-13)19-8-5-15(11-19)14-3-4-14/h2,13-15H,1,3-12H2,(H,17,18). The maximum Gasteiger partial charge on any atom is 0.194 e. The van der Waals surface area contributed by atoms with Crippen molar-refractivity contribution in [3.05, 3.63) is 12.7 Å². The number of hydrogen-bond donors (Lipinski definition) is 1. The molecule has 2 heterocycles. The predicted octanol–water partition coefficient (Wildman–Crippen LogP) is 1.28. The summed E-state index contributed by atoms with van der Waals surface area (Å²) < 4.78 is 23.1. The summed E-state index contributed by atoms with van der Waals surface area (Å²) in [5, 5.41) is 3.34. The molecular weight excluding hydrogens is 298 g/mol. The van der Waals surface area contributed by atoms with Crippen molar-refractivity contribution in [3.8, 4) is 0 Å². The van der Waals surface area contributed by atoms with Gasteiger partial charge >= 0.3 is 0 Å². The summed E-state index contributed by atoms with van der Waals surface area (Å²) in [6.45, 7) is 7.23. The van der Waals surface area contributed by atoms with E-state index in [0.29, 0.717) is 24.6 Å². The highest BCUT2D eigenvalue weighted by Gasteiger charge is 2.36. The fourth-order valence-corrected chi connectivity index (χ4v) is 5.44. The lowest BCUT2D eigenvalue weighted by atomic mass is 10.0. The Hall–Kier alpha value is -1.04. The number of sulfone groups is 1. The third kappa shape index (κ3) is 4.03. The molecule has 0 aromatic rings. The van der Waals surface area contributed by atoms with Gasteiger partial charge in [-0.3, -0.25) is 4.99 Å². The molecule has 124 valence electrons. The molecule has 1 aliphatic carbocycles. The summed E-state index contributed by atoms with van der Waals surface area (Å²) in [4.78, 5) is 7.07. The van der Waals surface area contributed by atoms with E-state index in [1.165, 1.54) is 19.3 Å². The number of guanidine groups is 1. The molecule has 0 spiro atoms. The van der Waals surface area contributed by atoms with Crippen LogP contribution in [0.2, 0.25) is 0 Å². The van der Waals surface area contributed by atoms with Crippen LogP contribution in [0, 0.1) is 17.8 Å². The van der Waals surface area contributed by atoms with Crippen molar-refractivity contribution in [3.63, 3.8) is 0 Å². The molecule has 3 fully saturated rings. The highest BCUT2D eigenvalue weighted by molar-refractivity contribution is 7.91. The molecule has 3 rings (SSSR count). The van der Waals surface area contributed by atoms with Crippen molar-refractivity contribution in [2.45, 2.75) is 25.7 Å². The summed E-state index contributed by atoms with van der Waals surface area (Å²) in [6.07, 6.45) is 6.64. The summed E-state index contributed by atoms with van der Waals surface area (Å²) in [5.41, 5.74) is 0. The number of hydrogen-bond acceptors (Lipinski definition) is 3. The molecule has 2 aliphatic heterocycles. The van der Waals surface area contributed by atoms with Crippen LogP contribution >= 0.6 is 0 Å². The molecule has 5 nitrogen and oxygen atoms in total. The van der Waals surface area contributed by atoms with Crippen LogP contribution < -0.4 is 5.32 Å². The average Bonchev–Trinajstić information content (AvgIpc) is 3.12. The van der Waals surface area contributed by atoms with E-state index in [2.05, 4.69) is 16.8 Å². The lowest BCUT2D eigenvalue weighted by molar-refractivity contribution is 0.435. The molecule has 2 saturated heterocycles. The minimum atomic E-state index is -2.81. The lowest BCUT2D eigenvalue weighted by Crippen LogP contribution is -2.40. The zero-order valence-electron chi connectivity index (χ0n) is 13.2. The normalized spacial score (nSPS) is 31.5. The van der Waals surface area contributed by atoms with Crippen molar-refractivity contribution < 1.29 is 8.42 Å². The van der Waals surface area contributed by atoms with E-state index in [9.17, 15) is 8.42 Å². The number of nitrogens with one attached hydrogen (secondary N) is 1. The first kappa shape index (κ1) is 15.8. The van der Waals surface area contributed by atoms with Crippen molar-refractivity contribution in [1.82, 2.24) is 10.2 Å². The lowest BCUT2D eigenvalue weighted by Gasteiger charge is -2.22. The minimum Gasteiger partial charge on any atom is -0.353 e. The largest absolute Gasteiger partial charge is 0.353 e. The van der Waals surface area contributed by atoms with E-state index in [1.807, 2.05) is 6.08 Å². The van der Waals surface area contributed by atoms with Crippen LogP contribution in [0.1, 0.15) is 25.7 Å². The summed E-state index contributed by atoms with van der Waals surface area (Å²) in [6, 6.07) is 0. The first-order valence-corrected chi connectivity index (χ1v) is 10.2. The van der Waals surface area contributed by atoms with Gasteiger partial charge in [-0.2, -0.15) is 0 Å². The van der Waals surface area contributed by atoms with E-state index >= 15 is 0 Å². The Bertz CT molecular complexity index is 540. The maximum absolute atomic E-state index is 11.6. The van der Waals surface area contributed by atoms with Gasteiger partial charge < -0.3 is 10.2 Å². The highest BCUT2D eigenvalue weighted by atomic mass is 32.2. The van der Waals surface area contributed by atoms with Crippen LogP contribution in [0.3, 0.4) is 0 Å². The van der Waals surface area contributed by atoms with E-state index in [0.717, 1.165) is 37.3 Å². The second kappa shape index (κ2) is 6.60. The van der Waals surface area contributed by atoms with E-state index < -0.39 is 9.84 Å². The van der Waals surface area contributed by atoms with Gasteiger partial charge in [-0.05, 0) is 43.4 Å². The monoisotopic (exact) mass is 325 g/mol. The zero-order chi connectivity index (χ0) is 15.6. The van der Waals surface area contributed by atoms with Crippen LogP contribution in [-0.2, 0) is 9.84 Å². The third-order valence-corrected chi connectivity index (χ3v) is 6.88. The number of nitrogens with zero attached hydrogens (tertiary/aromatic N) is 2. The van der Waals surface area contributed by atoms with Crippen LogP contribution in [0.15, 0.2) is 17.6 Å². The van der Waals surface area contributed by atoms with Gasteiger partial charge in [0.25, 0.3) is 0 Å². The molecule has 0 amide bonds. The van der Waals surface area contributed by atoms with Gasteiger partial charge in [0.05, 0.1) is 11.5 Å². The fraction of sp³-hybridized carbons (Fsp3) is 0.812. The van der Waals surface area contributed by atoms with E-state index in [-0.39, 0.29) is 5.92 Å². The molecular formula is C16H27N3O2S. The second-order valence-corrected chi connectivity index (χ2v) is 9.16. The number of likely N-dealkylation sites (tertiary alicyclic amines) is 1. The Kier molecular flexibility index (Phi) is 4.76. The third-order valence-electron chi connectivity index (χ3n) is 5.04. The molecule has 1 N–H and O–H groups in total. The van der Waals surface area contributed by atoms with Gasteiger partial charge in [0.1, 0.15) is 0 Å². The second-order valence-electron chi connectivity index (χ2n) is 6.94. The number of rotatable bonds is 5. The Morgan fingerprint density at radius 3 is 2.73 bits per heavy atom. The van der Waals surface area contributed by atoms with Crippen molar-refractivity contribution >= 4 is 15.8 Å². The quantitative estimate of drug-likeness (QED) is 0.470. The molecule has 2 unspecified atom stereocenters. The smallest absolute Gasteiger partial charge is 0.194 e. The topological polar surface area (TPSA) is 61.8 Å². The Morgan fingerprint density at radius 2 is 2.09 bits per heavy atom. The average molecular weight is 325 g/mol. The molecule has 22 heavy (non-hydrogen) atoms. The predicted molar refractivity (Wildman–Crippen MR) is 89.7 cm³/mol. The molecule has 2 atom stereocenters. The first-order chi connectivity index (χ1) is 10.6. The summed E-state index contributed by atoms with van der Waals surface area (Å²) in [7, 11) is -2.81. The maximum atomic E-state index is 11.6. The highest BCUT2D eigenvalue weighted by Crippen LogP contribution is 2.41. The number of aliphatic imine (C=N–C) groups is 1. The van der Waals surface area contributed by atoms with Crippen LogP contribution in [0.4, 0.5) is 0 Å². The first-order valence-electron chi connectivity index (χ1n) is 8.42. The zero-order valence-corrected chi connectivity index (χ0v) is 14.0.